The molecule has 0 bridgehead atoms. The van der Waals surface area contributed by atoms with Crippen molar-refractivity contribution >= 4 is 22.7 Å². The van der Waals surface area contributed by atoms with Gasteiger partial charge in [-0.3, -0.25) is 9.59 Å². The lowest BCUT2D eigenvalue weighted by atomic mass is 10.1. The third-order valence-corrected chi connectivity index (χ3v) is 10.1. The van der Waals surface area contributed by atoms with Crippen LogP contribution in [0.15, 0.2) is 70.3 Å². The van der Waals surface area contributed by atoms with Crippen LogP contribution in [0, 0.1) is 23.7 Å². The molecule has 0 aliphatic rings. The minimum Gasteiger partial charge on any atom is -0.382 e. The van der Waals surface area contributed by atoms with Gasteiger partial charge in [-0.2, -0.15) is 0 Å². The Labute approximate surface area is 313 Å². The fourth-order valence-electron chi connectivity index (χ4n) is 6.00. The Morgan fingerprint density at radius 1 is 0.412 bits per heavy atom. The molecule has 0 saturated carbocycles. The summed E-state index contributed by atoms with van der Waals surface area (Å²) in [5.74, 6) is 12.8. The Morgan fingerprint density at radius 3 is 1.12 bits per heavy atom. The third-order valence-electron chi connectivity index (χ3n) is 9.18. The second kappa shape index (κ2) is 26.9. The SMILES string of the molecule is CCCCCCCCCCCCNc1ccc(C#Cc2ccc(C#Cc3ccc(NCCCCCCCCCCCC)c(=O)cc3)s2)ccc1=O. The zero-order chi connectivity index (χ0) is 36.2. The van der Waals surface area contributed by atoms with Gasteiger partial charge < -0.3 is 10.6 Å². The quantitative estimate of drug-likeness (QED) is 0.0719. The van der Waals surface area contributed by atoms with E-state index in [0.717, 1.165) is 46.8 Å². The molecule has 4 nitrogen and oxygen atoms in total. The van der Waals surface area contributed by atoms with Gasteiger partial charge in [0.15, 0.2) is 0 Å². The van der Waals surface area contributed by atoms with Crippen molar-refractivity contribution in [2.24, 2.45) is 0 Å². The highest BCUT2D eigenvalue weighted by atomic mass is 32.1. The molecule has 274 valence electrons. The maximum absolute atomic E-state index is 12.6. The topological polar surface area (TPSA) is 58.2 Å². The Kier molecular flexibility index (Phi) is 22.0. The first kappa shape index (κ1) is 41.6. The maximum atomic E-state index is 12.6. The lowest BCUT2D eigenvalue weighted by Gasteiger charge is -2.04. The van der Waals surface area contributed by atoms with Gasteiger partial charge in [-0.25, -0.2) is 0 Å². The van der Waals surface area contributed by atoms with Gasteiger partial charge in [0.2, 0.25) is 10.9 Å². The Bertz CT molecular complexity index is 1530. The molecule has 51 heavy (non-hydrogen) atoms. The number of nitrogens with one attached hydrogen (secondary N) is 2. The molecule has 0 aliphatic carbocycles. The molecule has 0 amide bonds. The van der Waals surface area contributed by atoms with Crippen molar-refractivity contribution < 1.29 is 0 Å². The summed E-state index contributed by atoms with van der Waals surface area (Å²) in [6.07, 6.45) is 26.0. The zero-order valence-electron chi connectivity index (χ0n) is 31.6. The first-order valence-electron chi connectivity index (χ1n) is 20.0. The van der Waals surface area contributed by atoms with Crippen molar-refractivity contribution in [2.45, 2.75) is 142 Å². The van der Waals surface area contributed by atoms with Crippen molar-refractivity contribution in [1.29, 1.82) is 0 Å². The molecule has 0 aliphatic heterocycles. The van der Waals surface area contributed by atoms with Gasteiger partial charge in [-0.05, 0) is 73.5 Å². The van der Waals surface area contributed by atoms with Gasteiger partial charge in [0.1, 0.15) is 0 Å². The van der Waals surface area contributed by atoms with Crippen LogP contribution in [0.25, 0.3) is 0 Å². The molecule has 0 atom stereocenters. The standard InChI is InChI=1S/C46H62N2O2S/c1-3-5-7-9-11-13-15-17-19-21-37-47-43-33-25-39(27-35-45(43)49)23-29-41-31-32-42(51-41)30-24-40-26-34-44(46(50)36-28-40)48-38-22-20-18-16-14-12-10-8-6-4-2/h25-28,31-36H,3-22,37-38H2,1-2H3,(H,47,49)(H,48,50). The van der Waals surface area contributed by atoms with E-state index in [2.05, 4.69) is 48.2 Å². The molecule has 2 N–H and O–H groups in total. The lowest BCUT2D eigenvalue weighted by molar-refractivity contribution is 0.560. The van der Waals surface area contributed by atoms with E-state index in [1.807, 2.05) is 36.4 Å². The molecule has 1 aromatic heterocycles. The zero-order valence-corrected chi connectivity index (χ0v) is 32.4. The van der Waals surface area contributed by atoms with E-state index in [-0.39, 0.29) is 10.9 Å². The largest absolute Gasteiger partial charge is 0.382 e. The van der Waals surface area contributed by atoms with E-state index in [4.69, 9.17) is 0 Å². The molecular formula is C46H62N2O2S. The number of hydrogen-bond acceptors (Lipinski definition) is 5. The monoisotopic (exact) mass is 706 g/mol. The molecule has 5 heteroatoms. The van der Waals surface area contributed by atoms with Crippen molar-refractivity contribution in [1.82, 2.24) is 0 Å². The molecule has 0 unspecified atom stereocenters. The van der Waals surface area contributed by atoms with Crippen LogP contribution in [0.3, 0.4) is 0 Å². The molecule has 3 aromatic rings. The number of thiophene rings is 1. The average Bonchev–Trinajstić information content (AvgIpc) is 3.43. The van der Waals surface area contributed by atoms with Crippen molar-refractivity contribution in [3.05, 3.63) is 102 Å². The first-order valence-corrected chi connectivity index (χ1v) is 20.8. The highest BCUT2D eigenvalue weighted by Gasteiger charge is 2.00. The van der Waals surface area contributed by atoms with Crippen LogP contribution in [0.5, 0.6) is 0 Å². The number of rotatable bonds is 24. The van der Waals surface area contributed by atoms with Gasteiger partial charge in [-0.15, -0.1) is 11.3 Å². The first-order chi connectivity index (χ1) is 25.1. The molecule has 0 radical (unpaired) electrons. The summed E-state index contributed by atoms with van der Waals surface area (Å²) in [7, 11) is 0. The molecule has 0 spiro atoms. The highest BCUT2D eigenvalue weighted by molar-refractivity contribution is 7.13. The highest BCUT2D eigenvalue weighted by Crippen LogP contribution is 2.16. The smallest absolute Gasteiger partial charge is 0.201 e. The summed E-state index contributed by atoms with van der Waals surface area (Å²) in [6.45, 7) is 6.15. The Morgan fingerprint density at radius 2 is 0.745 bits per heavy atom. The van der Waals surface area contributed by atoms with Crippen molar-refractivity contribution in [2.75, 3.05) is 23.7 Å². The summed E-state index contributed by atoms with van der Waals surface area (Å²) < 4.78 is 0. The second-order valence-electron chi connectivity index (χ2n) is 13.7. The summed E-state index contributed by atoms with van der Waals surface area (Å²) in [5.41, 5.74) is 2.82. The molecule has 2 aromatic carbocycles. The summed E-state index contributed by atoms with van der Waals surface area (Å²) in [5, 5.41) is 6.66. The molecule has 3 rings (SSSR count). The molecule has 1 heterocycles. The lowest BCUT2D eigenvalue weighted by Crippen LogP contribution is -2.09. The van der Waals surface area contributed by atoms with E-state index >= 15 is 0 Å². The number of hydrogen-bond donors (Lipinski definition) is 2. The minimum atomic E-state index is -0.0146. The Balaban J connectivity index is 1.41. The van der Waals surface area contributed by atoms with Crippen LogP contribution < -0.4 is 21.5 Å². The van der Waals surface area contributed by atoms with Crippen molar-refractivity contribution in [3.8, 4) is 23.7 Å². The van der Waals surface area contributed by atoms with E-state index in [9.17, 15) is 9.59 Å². The van der Waals surface area contributed by atoms with Crippen molar-refractivity contribution in [3.63, 3.8) is 0 Å². The van der Waals surface area contributed by atoms with Crippen LogP contribution in [0.2, 0.25) is 0 Å². The van der Waals surface area contributed by atoms with Crippen LogP contribution in [0.4, 0.5) is 11.4 Å². The average molecular weight is 707 g/mol. The number of unbranched alkanes of at least 4 members (excludes halogenated alkanes) is 18. The molecular weight excluding hydrogens is 645 g/mol. The molecule has 0 saturated heterocycles. The second-order valence-corrected chi connectivity index (χ2v) is 14.8. The summed E-state index contributed by atoms with van der Waals surface area (Å²) >= 11 is 1.53. The fraction of sp³-hybridized carbons (Fsp3) is 0.522. The molecule has 0 fully saturated rings. The van der Waals surface area contributed by atoms with Gasteiger partial charge in [-0.1, -0.05) is 153 Å². The number of anilines is 2. The van der Waals surface area contributed by atoms with E-state index in [1.54, 1.807) is 24.3 Å². The predicted molar refractivity (Wildman–Crippen MR) is 222 cm³/mol. The summed E-state index contributed by atoms with van der Waals surface area (Å²) in [6, 6.07) is 18.2. The van der Waals surface area contributed by atoms with Gasteiger partial charge in [0.05, 0.1) is 21.1 Å². The van der Waals surface area contributed by atoms with Crippen LogP contribution in [-0.2, 0) is 0 Å². The Hall–Kier alpha value is -3.80. The van der Waals surface area contributed by atoms with E-state index in [0.29, 0.717) is 11.4 Å². The maximum Gasteiger partial charge on any atom is 0.201 e. The summed E-state index contributed by atoms with van der Waals surface area (Å²) in [4.78, 5) is 27.0. The van der Waals surface area contributed by atoms with Crippen LogP contribution >= 0.6 is 11.3 Å². The van der Waals surface area contributed by atoms with Gasteiger partial charge in [0.25, 0.3) is 0 Å². The fourth-order valence-corrected chi connectivity index (χ4v) is 6.71. The van der Waals surface area contributed by atoms with Gasteiger partial charge >= 0.3 is 0 Å². The van der Waals surface area contributed by atoms with E-state index in [1.165, 1.54) is 127 Å². The van der Waals surface area contributed by atoms with Crippen LogP contribution in [-0.4, -0.2) is 13.1 Å². The predicted octanol–water partition coefficient (Wildman–Crippen LogP) is 11.9. The van der Waals surface area contributed by atoms with Crippen LogP contribution in [0.1, 0.15) is 163 Å². The normalized spacial score (nSPS) is 10.5. The van der Waals surface area contributed by atoms with E-state index < -0.39 is 0 Å². The van der Waals surface area contributed by atoms with Gasteiger partial charge in [0, 0.05) is 24.2 Å². The minimum absolute atomic E-state index is 0.0146. The third kappa shape index (κ3) is 18.8.